The van der Waals surface area contributed by atoms with Crippen molar-refractivity contribution in [1.82, 2.24) is 29.5 Å². The van der Waals surface area contributed by atoms with Crippen LogP contribution in [-0.4, -0.2) is 68.0 Å². The molecular formula is C22H34N6S. The van der Waals surface area contributed by atoms with Gasteiger partial charge in [0.05, 0.1) is 0 Å². The van der Waals surface area contributed by atoms with E-state index in [9.17, 15) is 0 Å². The van der Waals surface area contributed by atoms with Crippen LogP contribution in [0.3, 0.4) is 0 Å². The monoisotopic (exact) mass is 414 g/mol. The van der Waals surface area contributed by atoms with Gasteiger partial charge in [0.15, 0.2) is 5.16 Å². The Morgan fingerprint density at radius 2 is 1.79 bits per heavy atom. The third-order valence-corrected chi connectivity index (χ3v) is 6.99. The molecule has 0 unspecified atom stereocenters. The SMILES string of the molecule is CC(C)n1c(SCCN2CCCC2)nnc1[C@@H]1CCCN(Cc2ccncc2)C1. The van der Waals surface area contributed by atoms with Crippen molar-refractivity contribution in [2.75, 3.05) is 38.5 Å². The van der Waals surface area contributed by atoms with Gasteiger partial charge < -0.3 is 9.47 Å². The summed E-state index contributed by atoms with van der Waals surface area (Å²) < 4.78 is 2.40. The third kappa shape index (κ3) is 5.38. The Morgan fingerprint density at radius 1 is 1.03 bits per heavy atom. The van der Waals surface area contributed by atoms with E-state index in [2.05, 4.69) is 50.4 Å². The van der Waals surface area contributed by atoms with Crippen molar-refractivity contribution in [2.24, 2.45) is 0 Å². The minimum atomic E-state index is 0.393. The first kappa shape index (κ1) is 20.8. The molecule has 2 aromatic heterocycles. The topological polar surface area (TPSA) is 50.1 Å². The number of hydrogen-bond donors (Lipinski definition) is 0. The first-order valence-electron chi connectivity index (χ1n) is 11.1. The average Bonchev–Trinajstić information content (AvgIpc) is 3.39. The van der Waals surface area contributed by atoms with Gasteiger partial charge in [-0.2, -0.15) is 0 Å². The summed E-state index contributed by atoms with van der Waals surface area (Å²) in [7, 11) is 0. The number of nitrogens with zero attached hydrogens (tertiary/aromatic N) is 6. The smallest absolute Gasteiger partial charge is 0.191 e. The van der Waals surface area contributed by atoms with Crippen molar-refractivity contribution >= 4 is 11.8 Å². The van der Waals surface area contributed by atoms with Gasteiger partial charge in [0.1, 0.15) is 5.82 Å². The van der Waals surface area contributed by atoms with E-state index in [0.29, 0.717) is 12.0 Å². The van der Waals surface area contributed by atoms with Crippen LogP contribution >= 0.6 is 11.8 Å². The van der Waals surface area contributed by atoms with Gasteiger partial charge in [0, 0.05) is 49.7 Å². The standard InChI is InChI=1S/C22H34N6S/c1-18(2)28-21(24-25-22(28)29-15-14-26-11-3-4-12-26)20-6-5-13-27(17-20)16-19-7-9-23-10-8-19/h7-10,18,20H,3-6,11-17H2,1-2H3/t20-/m1/s1. The van der Waals surface area contributed by atoms with Crippen LogP contribution in [0.4, 0.5) is 0 Å². The van der Waals surface area contributed by atoms with Gasteiger partial charge in [-0.1, -0.05) is 11.8 Å². The van der Waals surface area contributed by atoms with Gasteiger partial charge in [-0.25, -0.2) is 0 Å². The Labute approximate surface area is 179 Å². The van der Waals surface area contributed by atoms with E-state index < -0.39 is 0 Å². The second-order valence-electron chi connectivity index (χ2n) is 8.63. The summed E-state index contributed by atoms with van der Waals surface area (Å²) in [5.74, 6) is 2.75. The predicted molar refractivity (Wildman–Crippen MR) is 118 cm³/mol. The summed E-state index contributed by atoms with van der Waals surface area (Å²) in [6.07, 6.45) is 8.91. The van der Waals surface area contributed by atoms with E-state index in [1.807, 2.05) is 24.2 Å². The maximum absolute atomic E-state index is 4.69. The highest BCUT2D eigenvalue weighted by Crippen LogP contribution is 2.31. The molecule has 6 nitrogen and oxygen atoms in total. The lowest BCUT2D eigenvalue weighted by Gasteiger charge is -2.32. The molecule has 2 fully saturated rings. The minimum Gasteiger partial charge on any atom is -0.303 e. The maximum atomic E-state index is 4.69. The molecule has 29 heavy (non-hydrogen) atoms. The summed E-state index contributed by atoms with van der Waals surface area (Å²) in [4.78, 5) is 9.27. The summed E-state index contributed by atoms with van der Waals surface area (Å²) in [6.45, 7) is 11.4. The fraction of sp³-hybridized carbons (Fsp3) is 0.682. The molecule has 1 atom stereocenters. The van der Waals surface area contributed by atoms with Crippen LogP contribution in [0.5, 0.6) is 0 Å². The van der Waals surface area contributed by atoms with Crippen molar-refractivity contribution in [3.05, 3.63) is 35.9 Å². The van der Waals surface area contributed by atoms with Crippen molar-refractivity contribution in [3.63, 3.8) is 0 Å². The van der Waals surface area contributed by atoms with Crippen LogP contribution in [-0.2, 0) is 6.54 Å². The number of aromatic nitrogens is 4. The molecule has 0 amide bonds. The fourth-order valence-corrected chi connectivity index (χ4v) is 5.65. The Bertz CT molecular complexity index is 756. The molecule has 0 aliphatic carbocycles. The molecule has 4 rings (SSSR count). The van der Waals surface area contributed by atoms with Gasteiger partial charge >= 0.3 is 0 Å². The molecule has 2 saturated heterocycles. The van der Waals surface area contributed by atoms with E-state index in [1.54, 1.807) is 0 Å². The Morgan fingerprint density at radius 3 is 2.55 bits per heavy atom. The first-order valence-corrected chi connectivity index (χ1v) is 12.1. The second-order valence-corrected chi connectivity index (χ2v) is 9.69. The minimum absolute atomic E-state index is 0.393. The van der Waals surface area contributed by atoms with Crippen molar-refractivity contribution in [1.29, 1.82) is 0 Å². The van der Waals surface area contributed by atoms with Crippen LogP contribution in [0.15, 0.2) is 29.7 Å². The predicted octanol–water partition coefficient (Wildman–Crippen LogP) is 3.82. The molecular weight excluding hydrogens is 380 g/mol. The lowest BCUT2D eigenvalue weighted by molar-refractivity contribution is 0.193. The van der Waals surface area contributed by atoms with Crippen molar-refractivity contribution < 1.29 is 0 Å². The largest absolute Gasteiger partial charge is 0.303 e. The van der Waals surface area contributed by atoms with Crippen LogP contribution in [0.2, 0.25) is 0 Å². The summed E-state index contributed by atoms with van der Waals surface area (Å²) in [6, 6.07) is 4.63. The van der Waals surface area contributed by atoms with Gasteiger partial charge in [-0.05, 0) is 76.9 Å². The normalized spacial score (nSPS) is 21.3. The molecule has 0 radical (unpaired) electrons. The lowest BCUT2D eigenvalue weighted by Crippen LogP contribution is -2.35. The highest BCUT2D eigenvalue weighted by Gasteiger charge is 2.28. The zero-order valence-corrected chi connectivity index (χ0v) is 18.7. The fourth-order valence-electron chi connectivity index (χ4n) is 4.58. The Balaban J connectivity index is 1.40. The molecule has 158 valence electrons. The quantitative estimate of drug-likeness (QED) is 0.612. The molecule has 0 N–H and O–H groups in total. The summed E-state index contributed by atoms with van der Waals surface area (Å²) >= 11 is 1.88. The molecule has 2 aliphatic rings. The van der Waals surface area contributed by atoms with Gasteiger partial charge in [-0.3, -0.25) is 9.88 Å². The van der Waals surface area contributed by atoms with Crippen molar-refractivity contribution in [3.8, 4) is 0 Å². The molecule has 0 saturated carbocycles. The molecule has 0 aromatic carbocycles. The molecule has 7 heteroatoms. The number of piperidine rings is 1. The Hall–Kier alpha value is -1.44. The van der Waals surface area contributed by atoms with E-state index in [1.165, 1.54) is 50.2 Å². The molecule has 4 heterocycles. The summed E-state index contributed by atoms with van der Waals surface area (Å²) in [5.41, 5.74) is 1.34. The first-order chi connectivity index (χ1) is 14.2. The maximum Gasteiger partial charge on any atom is 0.191 e. The summed E-state index contributed by atoms with van der Waals surface area (Å²) in [5, 5.41) is 10.4. The van der Waals surface area contributed by atoms with Crippen molar-refractivity contribution in [2.45, 2.75) is 63.2 Å². The van der Waals surface area contributed by atoms with Gasteiger partial charge in [0.2, 0.25) is 0 Å². The number of likely N-dealkylation sites (tertiary alicyclic amines) is 2. The van der Waals surface area contributed by atoms with Gasteiger partial charge in [-0.15, -0.1) is 10.2 Å². The van der Waals surface area contributed by atoms with E-state index in [0.717, 1.165) is 37.1 Å². The van der Waals surface area contributed by atoms with Gasteiger partial charge in [0.25, 0.3) is 0 Å². The average molecular weight is 415 g/mol. The van der Waals surface area contributed by atoms with Crippen LogP contribution in [0.25, 0.3) is 0 Å². The molecule has 2 aromatic rings. The lowest BCUT2D eigenvalue weighted by atomic mass is 9.96. The second kappa shape index (κ2) is 10.0. The number of rotatable bonds is 8. The van der Waals surface area contributed by atoms with E-state index in [-0.39, 0.29) is 0 Å². The zero-order valence-electron chi connectivity index (χ0n) is 17.8. The zero-order chi connectivity index (χ0) is 20.1. The molecule has 2 aliphatic heterocycles. The number of hydrogen-bond acceptors (Lipinski definition) is 6. The molecule has 0 spiro atoms. The highest BCUT2D eigenvalue weighted by atomic mass is 32.2. The Kier molecular flexibility index (Phi) is 7.21. The third-order valence-electron chi connectivity index (χ3n) is 6.07. The van der Waals surface area contributed by atoms with Crippen LogP contribution in [0.1, 0.15) is 62.9 Å². The number of thioether (sulfide) groups is 1. The van der Waals surface area contributed by atoms with Crippen LogP contribution in [0, 0.1) is 0 Å². The molecule has 0 bridgehead atoms. The number of pyridine rings is 1. The van der Waals surface area contributed by atoms with E-state index >= 15 is 0 Å². The van der Waals surface area contributed by atoms with E-state index in [4.69, 9.17) is 5.10 Å². The van der Waals surface area contributed by atoms with Crippen LogP contribution < -0.4 is 0 Å². The highest BCUT2D eigenvalue weighted by molar-refractivity contribution is 7.99.